The van der Waals surface area contributed by atoms with Crippen molar-refractivity contribution in [1.82, 2.24) is 19.7 Å². The molecule has 2 aromatic rings. The van der Waals surface area contributed by atoms with Crippen molar-refractivity contribution < 1.29 is 0 Å². The lowest BCUT2D eigenvalue weighted by Gasteiger charge is -2.34. The molecule has 1 fully saturated rings. The molecule has 0 spiro atoms. The van der Waals surface area contributed by atoms with E-state index in [1.807, 2.05) is 11.0 Å². The van der Waals surface area contributed by atoms with E-state index < -0.39 is 0 Å². The average Bonchev–Trinajstić information content (AvgIpc) is 3.03. The number of piperidine rings is 1. The first-order chi connectivity index (χ1) is 10.4. The summed E-state index contributed by atoms with van der Waals surface area (Å²) in [5.74, 6) is 0. The molecule has 4 nitrogen and oxygen atoms in total. The molecule has 0 N–H and O–H groups in total. The third-order valence-electron chi connectivity index (χ3n) is 4.06. The predicted molar refractivity (Wildman–Crippen MR) is 84.7 cm³/mol. The van der Waals surface area contributed by atoms with Gasteiger partial charge >= 0.3 is 0 Å². The summed E-state index contributed by atoms with van der Waals surface area (Å²) in [7, 11) is 0. The van der Waals surface area contributed by atoms with Crippen LogP contribution >= 0.6 is 0 Å². The molecule has 4 heteroatoms. The Hall–Kier alpha value is -1.94. The highest BCUT2D eigenvalue weighted by molar-refractivity contribution is 5.48. The van der Waals surface area contributed by atoms with Gasteiger partial charge in [-0.1, -0.05) is 48.9 Å². The van der Waals surface area contributed by atoms with Crippen LogP contribution < -0.4 is 0 Å². The molecule has 110 valence electrons. The van der Waals surface area contributed by atoms with Gasteiger partial charge in [-0.05, 0) is 24.9 Å². The maximum Gasteiger partial charge on any atom is 0.137 e. The van der Waals surface area contributed by atoms with Crippen LogP contribution in [-0.4, -0.2) is 38.8 Å². The summed E-state index contributed by atoms with van der Waals surface area (Å²) in [6.45, 7) is 3.13. The van der Waals surface area contributed by atoms with Crippen molar-refractivity contribution in [3.8, 4) is 0 Å². The second-order valence-corrected chi connectivity index (χ2v) is 5.58. The summed E-state index contributed by atoms with van der Waals surface area (Å²) in [4.78, 5) is 6.59. The van der Waals surface area contributed by atoms with Gasteiger partial charge in [-0.3, -0.25) is 9.58 Å². The van der Waals surface area contributed by atoms with Crippen molar-refractivity contribution in [2.45, 2.75) is 31.8 Å². The van der Waals surface area contributed by atoms with Crippen molar-refractivity contribution in [1.29, 1.82) is 0 Å². The monoisotopic (exact) mass is 282 g/mol. The third-order valence-corrected chi connectivity index (χ3v) is 4.06. The van der Waals surface area contributed by atoms with Crippen LogP contribution in [0.3, 0.4) is 0 Å². The molecule has 0 amide bonds. The number of aromatic nitrogens is 3. The summed E-state index contributed by atoms with van der Waals surface area (Å²) in [5.41, 5.74) is 1.27. The van der Waals surface area contributed by atoms with Gasteiger partial charge < -0.3 is 0 Å². The van der Waals surface area contributed by atoms with Gasteiger partial charge in [0.1, 0.15) is 12.7 Å². The molecule has 1 atom stereocenters. The third kappa shape index (κ3) is 4.02. The van der Waals surface area contributed by atoms with Crippen LogP contribution in [0.1, 0.15) is 24.8 Å². The molecule has 0 unspecified atom stereocenters. The van der Waals surface area contributed by atoms with Gasteiger partial charge in [-0.2, -0.15) is 5.10 Å². The Morgan fingerprint density at radius 2 is 2.10 bits per heavy atom. The molecule has 3 rings (SSSR count). The van der Waals surface area contributed by atoms with Crippen LogP contribution in [0.25, 0.3) is 6.08 Å². The van der Waals surface area contributed by atoms with Crippen LogP contribution in [0.2, 0.25) is 0 Å². The van der Waals surface area contributed by atoms with Gasteiger partial charge in [0.15, 0.2) is 0 Å². The fraction of sp³-hybridized carbons (Fsp3) is 0.412. The van der Waals surface area contributed by atoms with Gasteiger partial charge in [0.05, 0.1) is 6.54 Å². The molecule has 1 aromatic carbocycles. The van der Waals surface area contributed by atoms with E-state index in [0.29, 0.717) is 6.04 Å². The average molecular weight is 282 g/mol. The number of hydrogen-bond acceptors (Lipinski definition) is 3. The number of nitrogens with zero attached hydrogens (tertiary/aromatic N) is 4. The summed E-state index contributed by atoms with van der Waals surface area (Å²) >= 11 is 0. The Balaban J connectivity index is 1.58. The quantitative estimate of drug-likeness (QED) is 0.845. The van der Waals surface area contributed by atoms with Crippen molar-refractivity contribution in [2.75, 3.05) is 13.1 Å². The van der Waals surface area contributed by atoms with E-state index in [9.17, 15) is 0 Å². The normalized spacial score (nSPS) is 20.1. The van der Waals surface area contributed by atoms with Gasteiger partial charge in [0.2, 0.25) is 0 Å². The lowest BCUT2D eigenvalue weighted by Crippen LogP contribution is -2.42. The highest BCUT2D eigenvalue weighted by atomic mass is 15.3. The van der Waals surface area contributed by atoms with E-state index in [1.165, 1.54) is 31.4 Å². The highest BCUT2D eigenvalue weighted by Gasteiger charge is 2.21. The molecule has 2 heterocycles. The van der Waals surface area contributed by atoms with Crippen molar-refractivity contribution in [3.05, 3.63) is 54.6 Å². The molecule has 0 aliphatic carbocycles. The van der Waals surface area contributed by atoms with Gasteiger partial charge in [-0.25, -0.2) is 4.98 Å². The number of hydrogen-bond donors (Lipinski definition) is 0. The van der Waals surface area contributed by atoms with Crippen LogP contribution in [0.15, 0.2) is 49.1 Å². The number of likely N-dealkylation sites (tertiary alicyclic amines) is 1. The van der Waals surface area contributed by atoms with E-state index in [2.05, 4.69) is 57.5 Å². The van der Waals surface area contributed by atoms with Crippen molar-refractivity contribution in [2.24, 2.45) is 0 Å². The molecule has 0 saturated carbocycles. The fourth-order valence-electron chi connectivity index (χ4n) is 2.94. The Labute approximate surface area is 126 Å². The van der Waals surface area contributed by atoms with Crippen LogP contribution in [-0.2, 0) is 6.54 Å². The topological polar surface area (TPSA) is 34.0 Å². The SMILES string of the molecule is C(=C\c1ccccc1)/CN1CCCC[C@H]1Cn1cncn1. The second kappa shape index (κ2) is 7.18. The summed E-state index contributed by atoms with van der Waals surface area (Å²) in [5, 5.41) is 4.23. The zero-order valence-corrected chi connectivity index (χ0v) is 12.3. The minimum Gasteiger partial charge on any atom is -0.295 e. The first kappa shape index (κ1) is 14.0. The minimum absolute atomic E-state index is 0.570. The van der Waals surface area contributed by atoms with Crippen LogP contribution in [0.4, 0.5) is 0 Å². The molecule has 1 saturated heterocycles. The Morgan fingerprint density at radius 1 is 1.19 bits per heavy atom. The molecule has 1 aromatic heterocycles. The lowest BCUT2D eigenvalue weighted by molar-refractivity contribution is 0.145. The molecule has 0 bridgehead atoms. The molecule has 1 aliphatic rings. The maximum atomic E-state index is 4.23. The Kier molecular flexibility index (Phi) is 4.79. The number of benzene rings is 1. The fourth-order valence-corrected chi connectivity index (χ4v) is 2.94. The molecule has 0 radical (unpaired) electrons. The van der Waals surface area contributed by atoms with Gasteiger partial charge in [0.25, 0.3) is 0 Å². The largest absolute Gasteiger partial charge is 0.295 e. The number of rotatable bonds is 5. The summed E-state index contributed by atoms with van der Waals surface area (Å²) < 4.78 is 1.95. The van der Waals surface area contributed by atoms with E-state index in [0.717, 1.165) is 13.1 Å². The van der Waals surface area contributed by atoms with Crippen molar-refractivity contribution >= 4 is 6.08 Å². The first-order valence-corrected chi connectivity index (χ1v) is 7.70. The van der Waals surface area contributed by atoms with Crippen LogP contribution in [0.5, 0.6) is 0 Å². The van der Waals surface area contributed by atoms with E-state index >= 15 is 0 Å². The zero-order chi connectivity index (χ0) is 14.3. The minimum atomic E-state index is 0.570. The van der Waals surface area contributed by atoms with E-state index in [1.54, 1.807) is 6.33 Å². The maximum absolute atomic E-state index is 4.23. The second-order valence-electron chi connectivity index (χ2n) is 5.58. The zero-order valence-electron chi connectivity index (χ0n) is 12.3. The molecule has 21 heavy (non-hydrogen) atoms. The van der Waals surface area contributed by atoms with E-state index in [4.69, 9.17) is 0 Å². The van der Waals surface area contributed by atoms with Crippen molar-refractivity contribution in [3.63, 3.8) is 0 Å². The Bertz CT molecular complexity index is 547. The highest BCUT2D eigenvalue weighted by Crippen LogP contribution is 2.18. The van der Waals surface area contributed by atoms with E-state index in [-0.39, 0.29) is 0 Å². The van der Waals surface area contributed by atoms with Crippen LogP contribution in [0, 0.1) is 0 Å². The Morgan fingerprint density at radius 3 is 2.90 bits per heavy atom. The predicted octanol–water partition coefficient (Wildman–Crippen LogP) is 2.85. The van der Waals surface area contributed by atoms with Gasteiger partial charge in [0, 0.05) is 12.6 Å². The van der Waals surface area contributed by atoms with Gasteiger partial charge in [-0.15, -0.1) is 0 Å². The lowest BCUT2D eigenvalue weighted by atomic mass is 10.0. The molecular formula is C17H22N4. The first-order valence-electron chi connectivity index (χ1n) is 7.70. The summed E-state index contributed by atoms with van der Waals surface area (Å²) in [6.07, 6.45) is 11.8. The smallest absolute Gasteiger partial charge is 0.137 e. The standard InChI is InChI=1S/C17H22N4/c1-2-7-16(8-3-1)9-6-12-20-11-5-4-10-17(20)13-21-15-18-14-19-21/h1-3,6-9,14-15,17H,4-5,10-13H2/b9-6+/t17-/m0/s1. The summed E-state index contributed by atoms with van der Waals surface area (Å²) in [6, 6.07) is 11.1. The molecular weight excluding hydrogens is 260 g/mol. The molecule has 1 aliphatic heterocycles.